The van der Waals surface area contributed by atoms with E-state index in [0.717, 1.165) is 0 Å². The van der Waals surface area contributed by atoms with Crippen molar-refractivity contribution in [3.8, 4) is 0 Å². The minimum atomic E-state index is 0.116. The third kappa shape index (κ3) is 1.36. The molecule has 1 heterocycles. The molecule has 3 nitrogen and oxygen atoms in total. The summed E-state index contributed by atoms with van der Waals surface area (Å²) >= 11 is 0. The highest BCUT2D eigenvalue weighted by atomic mass is 15.9. The van der Waals surface area contributed by atoms with E-state index in [9.17, 15) is 0 Å². The molecule has 0 fully saturated rings. The predicted molar refractivity (Wildman–Crippen MR) is 55.7 cm³/mol. The average Bonchev–Trinajstić information content (AvgIpc) is 2.09. The van der Waals surface area contributed by atoms with Crippen LogP contribution in [0.3, 0.4) is 0 Å². The Labute approximate surface area is 81.5 Å². The molecule has 0 saturated carbocycles. The van der Waals surface area contributed by atoms with Crippen LogP contribution in [0, 0.1) is 0 Å². The Morgan fingerprint density at radius 1 is 1.00 bits per heavy atom. The van der Waals surface area contributed by atoms with Gasteiger partial charge in [-0.15, -0.1) is 0 Å². The van der Waals surface area contributed by atoms with E-state index in [4.69, 9.17) is 0 Å². The maximum Gasteiger partial charge on any atom is 0.0540 e. The van der Waals surface area contributed by atoms with Gasteiger partial charge in [-0.3, -0.25) is 0 Å². The highest BCUT2D eigenvalue weighted by molar-refractivity contribution is 5.22. The normalized spacial score (nSPS) is 25.6. The third-order valence-electron chi connectivity index (χ3n) is 3.62. The van der Waals surface area contributed by atoms with E-state index < -0.39 is 0 Å². The third-order valence-corrected chi connectivity index (χ3v) is 3.62. The summed E-state index contributed by atoms with van der Waals surface area (Å²) in [6, 6.07) is 0. The molecule has 0 aliphatic carbocycles. The molecule has 3 heteroatoms. The van der Waals surface area contributed by atoms with Crippen LogP contribution in [-0.2, 0) is 0 Å². The predicted octanol–water partition coefficient (Wildman–Crippen LogP) is 1.70. The summed E-state index contributed by atoms with van der Waals surface area (Å²) in [6.07, 6.45) is 0. The van der Waals surface area contributed by atoms with Gasteiger partial charge in [-0.2, -0.15) is 5.12 Å². The molecule has 0 unspecified atom stereocenters. The highest BCUT2D eigenvalue weighted by Crippen LogP contribution is 2.32. The monoisotopic (exact) mass is 183 g/mol. The lowest BCUT2D eigenvalue weighted by Crippen LogP contribution is -2.60. The van der Waals surface area contributed by atoms with E-state index in [1.54, 1.807) is 0 Å². The molecule has 76 valence electrons. The Balaban J connectivity index is 3.17. The van der Waals surface area contributed by atoms with Gasteiger partial charge >= 0.3 is 0 Å². The molecule has 0 radical (unpaired) electrons. The van der Waals surface area contributed by atoms with Crippen LogP contribution in [0.1, 0.15) is 27.7 Å². The molecule has 1 rings (SSSR count). The molecule has 0 spiro atoms. The van der Waals surface area contributed by atoms with Gasteiger partial charge in [0, 0.05) is 26.8 Å². The topological polar surface area (TPSA) is 9.72 Å². The van der Waals surface area contributed by atoms with E-state index >= 15 is 0 Å². The lowest BCUT2D eigenvalue weighted by molar-refractivity contribution is -0.174. The smallest absolute Gasteiger partial charge is 0.0540 e. The quantitative estimate of drug-likeness (QED) is 0.566. The number of nitrogens with zero attached hydrogens (tertiary/aromatic N) is 3. The van der Waals surface area contributed by atoms with Crippen LogP contribution >= 0.6 is 0 Å². The van der Waals surface area contributed by atoms with E-state index in [-0.39, 0.29) is 5.54 Å². The van der Waals surface area contributed by atoms with Crippen LogP contribution in [0.5, 0.6) is 0 Å². The van der Waals surface area contributed by atoms with Gasteiger partial charge in [0.25, 0.3) is 0 Å². The van der Waals surface area contributed by atoms with Crippen molar-refractivity contribution in [1.29, 1.82) is 0 Å². The summed E-state index contributed by atoms with van der Waals surface area (Å²) in [6.45, 7) is 8.86. The van der Waals surface area contributed by atoms with Crippen molar-refractivity contribution in [2.45, 2.75) is 33.2 Å². The van der Waals surface area contributed by atoms with Gasteiger partial charge in [0.15, 0.2) is 0 Å². The Hall–Kier alpha value is -0.540. The number of allylic oxidation sites excluding steroid dienone is 1. The maximum absolute atomic E-state index is 2.25. The first-order valence-corrected chi connectivity index (χ1v) is 4.69. The summed E-state index contributed by atoms with van der Waals surface area (Å²) in [4.78, 5) is 0. The van der Waals surface area contributed by atoms with Crippen molar-refractivity contribution in [2.24, 2.45) is 0 Å². The molecule has 0 atom stereocenters. The lowest BCUT2D eigenvalue weighted by atomic mass is 9.92. The second kappa shape index (κ2) is 3.00. The summed E-state index contributed by atoms with van der Waals surface area (Å²) < 4.78 is 0. The van der Waals surface area contributed by atoms with Gasteiger partial charge < -0.3 is 5.01 Å². The van der Waals surface area contributed by atoms with Crippen LogP contribution in [-0.4, -0.2) is 41.8 Å². The fourth-order valence-corrected chi connectivity index (χ4v) is 1.71. The van der Waals surface area contributed by atoms with Crippen LogP contribution in [0.25, 0.3) is 0 Å². The molecule has 13 heavy (non-hydrogen) atoms. The summed E-state index contributed by atoms with van der Waals surface area (Å²) in [7, 11) is 6.29. The summed E-state index contributed by atoms with van der Waals surface area (Å²) in [5.41, 5.74) is 2.88. The van der Waals surface area contributed by atoms with Crippen molar-refractivity contribution in [1.82, 2.24) is 15.1 Å². The summed E-state index contributed by atoms with van der Waals surface area (Å²) in [5.74, 6) is 0. The molecule has 0 N–H and O–H groups in total. The SMILES string of the molecule is CC1=C(C)C(C)(C)N(C)N(C)N1C. The maximum atomic E-state index is 2.25. The first kappa shape index (κ1) is 10.5. The fraction of sp³-hybridized carbons (Fsp3) is 0.800. The molecular formula is C10H21N3. The molecule has 1 aliphatic heterocycles. The zero-order valence-corrected chi connectivity index (χ0v) is 9.84. The Bertz CT molecular complexity index is 243. The largest absolute Gasteiger partial charge is 0.300 e. The van der Waals surface area contributed by atoms with E-state index in [1.807, 2.05) is 0 Å². The van der Waals surface area contributed by atoms with Gasteiger partial charge in [-0.1, -0.05) is 0 Å². The first-order chi connectivity index (χ1) is 5.80. The molecule has 1 aliphatic rings. The molecular weight excluding hydrogens is 162 g/mol. The summed E-state index contributed by atoms with van der Waals surface area (Å²) in [5, 5.41) is 6.55. The van der Waals surface area contributed by atoms with Gasteiger partial charge in [-0.05, 0) is 33.3 Å². The Morgan fingerprint density at radius 2 is 1.46 bits per heavy atom. The van der Waals surface area contributed by atoms with Crippen LogP contribution < -0.4 is 0 Å². The minimum Gasteiger partial charge on any atom is -0.300 e. The van der Waals surface area contributed by atoms with Gasteiger partial charge in [0.05, 0.1) is 5.54 Å². The fourth-order valence-electron chi connectivity index (χ4n) is 1.71. The van der Waals surface area contributed by atoms with Crippen molar-refractivity contribution in [3.63, 3.8) is 0 Å². The first-order valence-electron chi connectivity index (χ1n) is 4.69. The molecule has 0 aromatic carbocycles. The van der Waals surface area contributed by atoms with Gasteiger partial charge in [0.2, 0.25) is 0 Å². The standard InChI is InChI=1S/C10H21N3/c1-8-9(2)11(5)13(7)12(6)10(8,3)4/h1-7H3. The molecule has 0 bridgehead atoms. The minimum absolute atomic E-state index is 0.116. The number of hydrogen-bond acceptors (Lipinski definition) is 3. The molecule has 0 amide bonds. The number of hydrogen-bond donors (Lipinski definition) is 0. The van der Waals surface area contributed by atoms with Crippen molar-refractivity contribution < 1.29 is 0 Å². The van der Waals surface area contributed by atoms with Crippen LogP contribution in [0.15, 0.2) is 11.3 Å². The van der Waals surface area contributed by atoms with Crippen LogP contribution in [0.2, 0.25) is 0 Å². The zero-order valence-electron chi connectivity index (χ0n) is 9.84. The van der Waals surface area contributed by atoms with E-state index in [2.05, 4.69) is 64.0 Å². The van der Waals surface area contributed by atoms with Crippen molar-refractivity contribution >= 4 is 0 Å². The Morgan fingerprint density at radius 3 is 1.92 bits per heavy atom. The molecule has 0 saturated heterocycles. The van der Waals surface area contributed by atoms with Crippen LogP contribution in [0.4, 0.5) is 0 Å². The average molecular weight is 183 g/mol. The second-order valence-corrected chi connectivity index (χ2v) is 4.31. The number of likely N-dealkylation sites (N-methyl/N-ethyl adjacent to an activating group) is 1. The van der Waals surface area contributed by atoms with Gasteiger partial charge in [0.1, 0.15) is 0 Å². The lowest BCUT2D eigenvalue weighted by Gasteiger charge is -2.51. The second-order valence-electron chi connectivity index (χ2n) is 4.31. The number of rotatable bonds is 0. The zero-order chi connectivity index (χ0) is 10.4. The highest BCUT2D eigenvalue weighted by Gasteiger charge is 2.36. The molecule has 0 aromatic rings. The van der Waals surface area contributed by atoms with Gasteiger partial charge in [-0.25, -0.2) is 5.01 Å². The number of hydrazine groups is 2. The van der Waals surface area contributed by atoms with E-state index in [0.29, 0.717) is 0 Å². The molecule has 0 aromatic heterocycles. The Kier molecular flexibility index (Phi) is 2.43. The van der Waals surface area contributed by atoms with Crippen molar-refractivity contribution in [3.05, 3.63) is 11.3 Å². The van der Waals surface area contributed by atoms with Crippen molar-refractivity contribution in [2.75, 3.05) is 21.1 Å². The van der Waals surface area contributed by atoms with E-state index in [1.165, 1.54) is 11.3 Å².